The minimum absolute atomic E-state index is 0.199. The molecular formula is C15H16N2O. The van der Waals surface area contributed by atoms with Crippen LogP contribution in [0, 0.1) is 0 Å². The fraction of sp³-hybridized carbons (Fsp3) is 0.267. The van der Waals surface area contributed by atoms with Crippen LogP contribution in [0.5, 0.6) is 11.5 Å². The van der Waals surface area contributed by atoms with Crippen molar-refractivity contribution in [2.45, 2.75) is 18.8 Å². The van der Waals surface area contributed by atoms with Crippen LogP contribution in [0.4, 0.5) is 0 Å². The molecule has 0 aliphatic carbocycles. The zero-order valence-electron chi connectivity index (χ0n) is 10.3. The second-order valence-electron chi connectivity index (χ2n) is 4.66. The van der Waals surface area contributed by atoms with Gasteiger partial charge in [0.15, 0.2) is 0 Å². The SMILES string of the molecule is C[C@H]1c2ccccc2Oc2cccnc2[C@@H]1CN. The van der Waals surface area contributed by atoms with Gasteiger partial charge in [-0.25, -0.2) is 0 Å². The van der Waals surface area contributed by atoms with Crippen molar-refractivity contribution < 1.29 is 4.74 Å². The van der Waals surface area contributed by atoms with Gasteiger partial charge in [-0.3, -0.25) is 4.98 Å². The van der Waals surface area contributed by atoms with E-state index in [0.717, 1.165) is 17.2 Å². The van der Waals surface area contributed by atoms with Gasteiger partial charge >= 0.3 is 0 Å². The van der Waals surface area contributed by atoms with Crippen LogP contribution in [0.15, 0.2) is 42.6 Å². The summed E-state index contributed by atoms with van der Waals surface area (Å²) in [6.45, 7) is 2.76. The molecule has 0 amide bonds. The molecular weight excluding hydrogens is 224 g/mol. The summed E-state index contributed by atoms with van der Waals surface area (Å²) in [4.78, 5) is 4.46. The highest BCUT2D eigenvalue weighted by Crippen LogP contribution is 2.44. The van der Waals surface area contributed by atoms with Crippen LogP contribution in [0.25, 0.3) is 0 Å². The van der Waals surface area contributed by atoms with Gasteiger partial charge in [-0.15, -0.1) is 0 Å². The third-order valence-corrected chi connectivity index (χ3v) is 3.64. The molecule has 0 saturated heterocycles. The van der Waals surface area contributed by atoms with Crippen LogP contribution in [-0.4, -0.2) is 11.5 Å². The van der Waals surface area contributed by atoms with E-state index >= 15 is 0 Å². The first-order valence-corrected chi connectivity index (χ1v) is 6.23. The first-order chi connectivity index (χ1) is 8.81. The highest BCUT2D eigenvalue weighted by atomic mass is 16.5. The molecule has 1 aliphatic heterocycles. The summed E-state index contributed by atoms with van der Waals surface area (Å²) in [7, 11) is 0. The van der Waals surface area contributed by atoms with Crippen molar-refractivity contribution in [1.82, 2.24) is 4.98 Å². The van der Waals surface area contributed by atoms with Crippen molar-refractivity contribution >= 4 is 0 Å². The molecule has 18 heavy (non-hydrogen) atoms. The van der Waals surface area contributed by atoms with Gasteiger partial charge in [0.25, 0.3) is 0 Å². The monoisotopic (exact) mass is 240 g/mol. The minimum atomic E-state index is 0.199. The fourth-order valence-corrected chi connectivity index (χ4v) is 2.60. The number of nitrogens with two attached hydrogens (primary N) is 1. The van der Waals surface area contributed by atoms with E-state index in [9.17, 15) is 0 Å². The number of rotatable bonds is 1. The maximum Gasteiger partial charge on any atom is 0.149 e. The molecule has 0 bridgehead atoms. The summed E-state index contributed by atoms with van der Waals surface area (Å²) < 4.78 is 5.99. The highest BCUT2D eigenvalue weighted by Gasteiger charge is 2.29. The van der Waals surface area contributed by atoms with Gasteiger partial charge in [-0.05, 0) is 29.7 Å². The molecule has 2 aromatic rings. The summed E-state index contributed by atoms with van der Waals surface area (Å²) in [5.41, 5.74) is 8.10. The Morgan fingerprint density at radius 1 is 1.17 bits per heavy atom. The zero-order chi connectivity index (χ0) is 12.5. The van der Waals surface area contributed by atoms with Gasteiger partial charge in [0.1, 0.15) is 11.5 Å². The predicted molar refractivity (Wildman–Crippen MR) is 71.0 cm³/mol. The van der Waals surface area contributed by atoms with Crippen molar-refractivity contribution in [3.63, 3.8) is 0 Å². The Hall–Kier alpha value is -1.87. The maximum atomic E-state index is 5.99. The molecule has 92 valence electrons. The normalized spacial score (nSPS) is 21.4. The lowest BCUT2D eigenvalue weighted by Crippen LogP contribution is -2.18. The highest BCUT2D eigenvalue weighted by molar-refractivity contribution is 5.46. The molecule has 0 saturated carbocycles. The molecule has 2 N–H and O–H groups in total. The van der Waals surface area contributed by atoms with Crippen molar-refractivity contribution in [3.8, 4) is 11.5 Å². The molecule has 3 heteroatoms. The number of aromatic nitrogens is 1. The van der Waals surface area contributed by atoms with Crippen molar-refractivity contribution in [1.29, 1.82) is 0 Å². The molecule has 1 aliphatic rings. The Morgan fingerprint density at radius 2 is 1.94 bits per heavy atom. The molecule has 3 nitrogen and oxygen atoms in total. The molecule has 0 spiro atoms. The average Bonchev–Trinajstić information content (AvgIpc) is 2.53. The van der Waals surface area contributed by atoms with Gasteiger partial charge in [0.05, 0.1) is 5.69 Å². The first kappa shape index (κ1) is 11.2. The Balaban J connectivity index is 2.20. The van der Waals surface area contributed by atoms with Gasteiger partial charge in [0.2, 0.25) is 0 Å². The molecule has 1 aromatic heterocycles. The second kappa shape index (κ2) is 4.42. The Morgan fingerprint density at radius 3 is 2.78 bits per heavy atom. The summed E-state index contributed by atoms with van der Waals surface area (Å²) in [5.74, 6) is 2.24. The molecule has 0 radical (unpaired) electrons. The van der Waals surface area contributed by atoms with Crippen molar-refractivity contribution in [2.24, 2.45) is 5.73 Å². The van der Waals surface area contributed by atoms with E-state index in [1.54, 1.807) is 6.20 Å². The number of ether oxygens (including phenoxy) is 1. The lowest BCUT2D eigenvalue weighted by molar-refractivity contribution is 0.474. The number of pyridine rings is 1. The van der Waals surface area contributed by atoms with E-state index in [2.05, 4.69) is 18.0 Å². The summed E-state index contributed by atoms with van der Waals surface area (Å²) in [6, 6.07) is 12.0. The maximum absolute atomic E-state index is 5.99. The van der Waals surface area contributed by atoms with Crippen LogP contribution in [0.3, 0.4) is 0 Å². The molecule has 0 unspecified atom stereocenters. The number of hydrogen-bond donors (Lipinski definition) is 1. The molecule has 0 fully saturated rings. The summed E-state index contributed by atoms with van der Waals surface area (Å²) in [6.07, 6.45) is 1.80. The number of nitrogens with zero attached hydrogens (tertiary/aromatic N) is 1. The predicted octanol–water partition coefficient (Wildman–Crippen LogP) is 3.03. The van der Waals surface area contributed by atoms with E-state index < -0.39 is 0 Å². The van der Waals surface area contributed by atoms with Crippen molar-refractivity contribution in [3.05, 3.63) is 53.9 Å². The van der Waals surface area contributed by atoms with Gasteiger partial charge in [-0.2, -0.15) is 0 Å². The largest absolute Gasteiger partial charge is 0.455 e. The number of benzene rings is 1. The smallest absolute Gasteiger partial charge is 0.149 e. The Kier molecular flexibility index (Phi) is 2.76. The van der Waals surface area contributed by atoms with E-state index in [1.165, 1.54) is 5.56 Å². The quantitative estimate of drug-likeness (QED) is 0.833. The number of hydrogen-bond acceptors (Lipinski definition) is 3. The zero-order valence-corrected chi connectivity index (χ0v) is 10.3. The van der Waals surface area contributed by atoms with Crippen LogP contribution >= 0.6 is 0 Å². The molecule has 1 aromatic carbocycles. The lowest BCUT2D eigenvalue weighted by Gasteiger charge is -2.20. The van der Waals surface area contributed by atoms with Gasteiger partial charge in [0, 0.05) is 18.7 Å². The molecule has 3 rings (SSSR count). The number of para-hydroxylation sites is 1. The first-order valence-electron chi connectivity index (χ1n) is 6.23. The topological polar surface area (TPSA) is 48.1 Å². The third-order valence-electron chi connectivity index (χ3n) is 3.64. The molecule has 2 atom stereocenters. The van der Waals surface area contributed by atoms with Gasteiger partial charge < -0.3 is 10.5 Å². The number of fused-ring (bicyclic) bond motifs is 2. The van der Waals surface area contributed by atoms with Crippen LogP contribution < -0.4 is 10.5 Å². The Bertz CT molecular complexity index is 568. The lowest BCUT2D eigenvalue weighted by atomic mass is 9.85. The third kappa shape index (κ3) is 1.68. The van der Waals surface area contributed by atoms with E-state index in [1.807, 2.05) is 30.3 Å². The summed E-state index contributed by atoms with van der Waals surface area (Å²) >= 11 is 0. The van der Waals surface area contributed by atoms with E-state index in [-0.39, 0.29) is 5.92 Å². The molecule has 2 heterocycles. The average molecular weight is 240 g/mol. The fourth-order valence-electron chi connectivity index (χ4n) is 2.60. The van der Waals surface area contributed by atoms with Gasteiger partial charge in [-0.1, -0.05) is 25.1 Å². The van der Waals surface area contributed by atoms with Crippen LogP contribution in [-0.2, 0) is 0 Å². The van der Waals surface area contributed by atoms with E-state index in [0.29, 0.717) is 12.5 Å². The van der Waals surface area contributed by atoms with Crippen molar-refractivity contribution in [2.75, 3.05) is 6.54 Å². The van der Waals surface area contributed by atoms with Crippen LogP contribution in [0.1, 0.15) is 30.0 Å². The minimum Gasteiger partial charge on any atom is -0.455 e. The van der Waals surface area contributed by atoms with Crippen LogP contribution in [0.2, 0.25) is 0 Å². The van der Waals surface area contributed by atoms with E-state index in [4.69, 9.17) is 10.5 Å². The second-order valence-corrected chi connectivity index (χ2v) is 4.66. The Labute approximate surface area is 107 Å². The summed E-state index contributed by atoms with van der Waals surface area (Å²) in [5, 5.41) is 0. The standard InChI is InChI=1S/C15H16N2O/c1-10-11-5-2-3-6-13(11)18-14-7-4-8-17-15(14)12(10)9-16/h2-8,10,12H,9,16H2,1H3/t10-,12+/m0/s1.